The number of carbonyl (C=O) groups is 1. The van der Waals surface area contributed by atoms with Gasteiger partial charge in [-0.05, 0) is 31.9 Å². The summed E-state index contributed by atoms with van der Waals surface area (Å²) in [6, 6.07) is 3.42. The van der Waals surface area contributed by atoms with Crippen LogP contribution in [0.4, 0.5) is 10.1 Å². The standard InChI is InChI=1S/C13H16FN3O4/c1-16-13(12(15)18,8-5-6-8)7-21-11-9(14)3-2-4-10(11)17(19)20/h2-4,8,16H,5-7H2,1H3,(H2,15,18). The molecular formula is C13H16FN3O4. The lowest BCUT2D eigenvalue weighted by atomic mass is 9.93. The number of primary amides is 1. The second-order valence-corrected chi connectivity index (χ2v) is 4.99. The highest BCUT2D eigenvalue weighted by molar-refractivity contribution is 5.85. The number of hydrogen-bond acceptors (Lipinski definition) is 5. The fourth-order valence-electron chi connectivity index (χ4n) is 2.34. The van der Waals surface area contributed by atoms with Crippen molar-refractivity contribution in [3.05, 3.63) is 34.1 Å². The van der Waals surface area contributed by atoms with Crippen LogP contribution in [0.3, 0.4) is 0 Å². The Labute approximate surface area is 120 Å². The minimum atomic E-state index is -1.14. The van der Waals surface area contributed by atoms with E-state index in [1.807, 2.05) is 0 Å². The van der Waals surface area contributed by atoms with Crippen LogP contribution in [0.5, 0.6) is 5.75 Å². The van der Waals surface area contributed by atoms with Crippen molar-refractivity contribution in [2.45, 2.75) is 18.4 Å². The summed E-state index contributed by atoms with van der Waals surface area (Å²) in [6.07, 6.45) is 1.60. The van der Waals surface area contributed by atoms with Crippen LogP contribution in [0.25, 0.3) is 0 Å². The van der Waals surface area contributed by atoms with Crippen LogP contribution < -0.4 is 15.8 Å². The molecule has 21 heavy (non-hydrogen) atoms. The quantitative estimate of drug-likeness (QED) is 0.576. The Morgan fingerprint density at radius 2 is 2.29 bits per heavy atom. The summed E-state index contributed by atoms with van der Waals surface area (Å²) >= 11 is 0. The molecule has 0 radical (unpaired) electrons. The number of halogens is 1. The van der Waals surface area contributed by atoms with Crippen molar-refractivity contribution >= 4 is 11.6 Å². The maximum absolute atomic E-state index is 13.7. The predicted octanol–water partition coefficient (Wildman–Crippen LogP) is 0.966. The van der Waals surface area contributed by atoms with Gasteiger partial charge in [0.25, 0.3) is 0 Å². The molecule has 0 heterocycles. The molecule has 2 rings (SSSR count). The van der Waals surface area contributed by atoms with Crippen LogP contribution >= 0.6 is 0 Å². The van der Waals surface area contributed by atoms with E-state index < -0.39 is 33.6 Å². The Balaban J connectivity index is 2.26. The third-order valence-corrected chi connectivity index (χ3v) is 3.75. The van der Waals surface area contributed by atoms with Crippen LogP contribution in [0.2, 0.25) is 0 Å². The average molecular weight is 297 g/mol. The number of likely N-dealkylation sites (N-methyl/N-ethyl adjacent to an activating group) is 1. The van der Waals surface area contributed by atoms with Gasteiger partial charge in [-0.2, -0.15) is 0 Å². The van der Waals surface area contributed by atoms with Crippen LogP contribution in [0.1, 0.15) is 12.8 Å². The van der Waals surface area contributed by atoms with Crippen molar-refractivity contribution in [1.29, 1.82) is 0 Å². The van der Waals surface area contributed by atoms with Gasteiger partial charge in [0.05, 0.1) is 4.92 Å². The molecule has 1 aromatic carbocycles. The number of ether oxygens (including phenoxy) is 1. The van der Waals surface area contributed by atoms with Crippen molar-refractivity contribution in [2.24, 2.45) is 11.7 Å². The summed E-state index contributed by atoms with van der Waals surface area (Å²) in [5.74, 6) is -1.96. The van der Waals surface area contributed by atoms with Crippen LogP contribution in [-0.4, -0.2) is 30.0 Å². The maximum Gasteiger partial charge on any atom is 0.314 e. The molecule has 0 aromatic heterocycles. The minimum Gasteiger partial charge on any atom is -0.482 e. The molecular weight excluding hydrogens is 281 g/mol. The molecule has 1 aliphatic rings. The number of hydrogen-bond donors (Lipinski definition) is 2. The van der Waals surface area contributed by atoms with Gasteiger partial charge in [-0.15, -0.1) is 0 Å². The van der Waals surface area contributed by atoms with Crippen LogP contribution in [-0.2, 0) is 4.79 Å². The third kappa shape index (κ3) is 2.80. The second kappa shape index (κ2) is 5.65. The maximum atomic E-state index is 13.7. The Kier molecular flexibility index (Phi) is 4.08. The highest BCUT2D eigenvalue weighted by atomic mass is 19.1. The molecule has 1 fully saturated rings. The highest BCUT2D eigenvalue weighted by Gasteiger charge is 2.50. The number of nitrogens with two attached hydrogens (primary N) is 1. The zero-order valence-electron chi connectivity index (χ0n) is 11.5. The SMILES string of the molecule is CNC(COc1c(F)cccc1[N+](=O)[O-])(C(N)=O)C1CC1. The van der Waals surface area contributed by atoms with E-state index in [2.05, 4.69) is 5.32 Å². The molecule has 0 aliphatic heterocycles. The van der Waals surface area contributed by atoms with Gasteiger partial charge in [0.15, 0.2) is 5.82 Å². The van der Waals surface area contributed by atoms with Gasteiger partial charge in [-0.25, -0.2) is 4.39 Å². The van der Waals surface area contributed by atoms with Gasteiger partial charge in [0, 0.05) is 6.07 Å². The summed E-state index contributed by atoms with van der Waals surface area (Å²) in [4.78, 5) is 21.9. The number of nitro benzene ring substituents is 1. The van der Waals surface area contributed by atoms with Gasteiger partial charge in [-0.1, -0.05) is 6.07 Å². The smallest absolute Gasteiger partial charge is 0.314 e. The number of rotatable bonds is 7. The van der Waals surface area contributed by atoms with Crippen LogP contribution in [0.15, 0.2) is 18.2 Å². The van der Waals surface area contributed by atoms with Gasteiger partial charge in [0.2, 0.25) is 11.7 Å². The molecule has 0 saturated heterocycles. The third-order valence-electron chi connectivity index (χ3n) is 3.75. The monoisotopic (exact) mass is 297 g/mol. The summed E-state index contributed by atoms with van der Waals surface area (Å²) < 4.78 is 19.0. The highest BCUT2D eigenvalue weighted by Crippen LogP contribution is 2.40. The van der Waals surface area contributed by atoms with E-state index in [0.29, 0.717) is 0 Å². The van der Waals surface area contributed by atoms with Crippen molar-refractivity contribution in [2.75, 3.05) is 13.7 Å². The average Bonchev–Trinajstić information content (AvgIpc) is 3.25. The molecule has 1 aromatic rings. The number of benzene rings is 1. The van der Waals surface area contributed by atoms with E-state index in [1.165, 1.54) is 6.07 Å². The normalized spacial score (nSPS) is 17.0. The Bertz CT molecular complexity index is 577. The lowest BCUT2D eigenvalue weighted by Gasteiger charge is -2.30. The molecule has 1 unspecified atom stereocenters. The number of amides is 1. The molecule has 1 amide bonds. The second-order valence-electron chi connectivity index (χ2n) is 4.99. The Hall–Kier alpha value is -2.22. The predicted molar refractivity (Wildman–Crippen MR) is 72.3 cm³/mol. The molecule has 1 saturated carbocycles. The van der Waals surface area contributed by atoms with E-state index >= 15 is 0 Å². The molecule has 1 atom stereocenters. The zero-order chi connectivity index (χ0) is 15.6. The fraction of sp³-hybridized carbons (Fsp3) is 0.462. The van der Waals surface area contributed by atoms with Gasteiger partial charge >= 0.3 is 5.69 Å². The first-order valence-electron chi connectivity index (χ1n) is 6.47. The first-order chi connectivity index (χ1) is 9.92. The van der Waals surface area contributed by atoms with Gasteiger partial charge < -0.3 is 15.8 Å². The molecule has 3 N–H and O–H groups in total. The van der Waals surface area contributed by atoms with E-state index in [9.17, 15) is 19.3 Å². The number of para-hydroxylation sites is 1. The number of nitrogens with one attached hydrogen (secondary N) is 1. The summed E-state index contributed by atoms with van der Waals surface area (Å²) in [7, 11) is 1.56. The Morgan fingerprint density at radius 1 is 1.62 bits per heavy atom. The van der Waals surface area contributed by atoms with E-state index in [4.69, 9.17) is 10.5 Å². The zero-order valence-corrected chi connectivity index (χ0v) is 11.5. The molecule has 8 heteroatoms. The molecule has 7 nitrogen and oxygen atoms in total. The van der Waals surface area contributed by atoms with Crippen LogP contribution in [0, 0.1) is 21.8 Å². The van der Waals surface area contributed by atoms with Gasteiger partial charge in [-0.3, -0.25) is 14.9 Å². The van der Waals surface area contributed by atoms with E-state index in [-0.39, 0.29) is 12.5 Å². The number of nitro groups is 1. The molecule has 0 bridgehead atoms. The van der Waals surface area contributed by atoms with E-state index in [1.54, 1.807) is 7.05 Å². The summed E-state index contributed by atoms with van der Waals surface area (Å²) in [5, 5.41) is 13.7. The topological polar surface area (TPSA) is 107 Å². The minimum absolute atomic E-state index is 0.00849. The van der Waals surface area contributed by atoms with Gasteiger partial charge in [0.1, 0.15) is 12.1 Å². The summed E-state index contributed by atoms with van der Waals surface area (Å²) in [6.45, 7) is -0.259. The number of nitrogens with zero attached hydrogens (tertiary/aromatic N) is 1. The first-order valence-corrected chi connectivity index (χ1v) is 6.47. The molecule has 114 valence electrons. The summed E-state index contributed by atoms with van der Waals surface area (Å²) in [5.41, 5.74) is 3.79. The molecule has 1 aliphatic carbocycles. The number of carbonyl (C=O) groups excluding carboxylic acids is 1. The van der Waals surface area contributed by atoms with Crippen molar-refractivity contribution in [3.8, 4) is 5.75 Å². The first kappa shape index (κ1) is 15.2. The Morgan fingerprint density at radius 3 is 2.76 bits per heavy atom. The van der Waals surface area contributed by atoms with Crippen molar-refractivity contribution in [1.82, 2.24) is 5.32 Å². The van der Waals surface area contributed by atoms with E-state index in [0.717, 1.165) is 25.0 Å². The van der Waals surface area contributed by atoms with Crippen molar-refractivity contribution in [3.63, 3.8) is 0 Å². The largest absolute Gasteiger partial charge is 0.482 e. The lowest BCUT2D eigenvalue weighted by molar-refractivity contribution is -0.386. The lowest BCUT2D eigenvalue weighted by Crippen LogP contribution is -2.59. The van der Waals surface area contributed by atoms with Crippen molar-refractivity contribution < 1.29 is 18.8 Å². The fourth-order valence-corrected chi connectivity index (χ4v) is 2.34. The molecule has 0 spiro atoms.